The van der Waals surface area contributed by atoms with Crippen molar-refractivity contribution in [3.63, 3.8) is 0 Å². The Kier molecular flexibility index (Phi) is 10.5. The van der Waals surface area contributed by atoms with Crippen LogP contribution in [0.1, 0.15) is 77.3 Å². The molecule has 0 aliphatic heterocycles. The van der Waals surface area contributed by atoms with E-state index in [-0.39, 0.29) is 5.03 Å². The molecule has 1 heterocycles. The molecule has 0 spiro atoms. The predicted molar refractivity (Wildman–Crippen MR) is 101 cm³/mol. The maximum atomic E-state index is 11.6. The van der Waals surface area contributed by atoms with Gasteiger partial charge in [0.2, 0.25) is 0 Å². The number of aryl methyl sites for hydroxylation is 1. The molecule has 7 heteroatoms. The van der Waals surface area contributed by atoms with Crippen LogP contribution in [0.15, 0.2) is 16.2 Å². The van der Waals surface area contributed by atoms with Crippen molar-refractivity contribution in [1.29, 1.82) is 0 Å². The fourth-order valence-corrected chi connectivity index (χ4v) is 3.89. The topological polar surface area (TPSA) is 85.9 Å². The molecule has 24 heavy (non-hydrogen) atoms. The fraction of sp³-hybridized carbons (Fsp3) is 0.765. The van der Waals surface area contributed by atoms with Crippen LogP contribution in [0.3, 0.4) is 0 Å². The average molecular weight is 374 g/mol. The summed E-state index contributed by atoms with van der Waals surface area (Å²) in [5.41, 5.74) is 0.779. The van der Waals surface area contributed by atoms with E-state index in [1.165, 1.54) is 49.9 Å². The Morgan fingerprint density at radius 3 is 2.21 bits per heavy atom. The minimum Gasteiger partial charge on any atom is -0.228 e. The van der Waals surface area contributed by atoms with E-state index in [9.17, 15) is 8.42 Å². The summed E-state index contributed by atoms with van der Waals surface area (Å²) in [6.07, 6.45) is 11.5. The van der Waals surface area contributed by atoms with Crippen molar-refractivity contribution in [1.82, 2.24) is 9.97 Å². The Morgan fingerprint density at radius 1 is 0.958 bits per heavy atom. The van der Waals surface area contributed by atoms with Crippen molar-refractivity contribution < 1.29 is 8.42 Å². The average Bonchev–Trinajstić information content (AvgIpc) is 2.53. The largest absolute Gasteiger partial charge is 0.255 e. The second-order valence-electron chi connectivity index (χ2n) is 6.10. The van der Waals surface area contributed by atoms with E-state index in [2.05, 4.69) is 23.8 Å². The maximum Gasteiger partial charge on any atom is 0.255 e. The van der Waals surface area contributed by atoms with Crippen LogP contribution < -0.4 is 5.14 Å². The first-order valence-corrected chi connectivity index (χ1v) is 11.5. The van der Waals surface area contributed by atoms with Crippen LogP contribution in [-0.4, -0.2) is 24.1 Å². The Hall–Kier alpha value is -0.660. The first-order valence-electron chi connectivity index (χ1n) is 9.01. The lowest BCUT2D eigenvalue weighted by atomic mass is 10.1. The third-order valence-corrected chi connectivity index (χ3v) is 5.52. The highest BCUT2D eigenvalue weighted by Gasteiger charge is 2.14. The van der Waals surface area contributed by atoms with E-state index in [1.54, 1.807) is 0 Å². The van der Waals surface area contributed by atoms with Gasteiger partial charge in [0.05, 0.1) is 0 Å². The summed E-state index contributed by atoms with van der Waals surface area (Å²) in [6, 6.07) is 1.52. The number of sulfonamides is 1. The number of thioether (sulfide) groups is 1. The second kappa shape index (κ2) is 11.8. The molecule has 0 aliphatic carbocycles. The third-order valence-electron chi connectivity index (χ3n) is 3.79. The first-order chi connectivity index (χ1) is 11.5. The van der Waals surface area contributed by atoms with Crippen molar-refractivity contribution >= 4 is 21.8 Å². The van der Waals surface area contributed by atoms with Crippen LogP contribution in [0.4, 0.5) is 0 Å². The highest BCUT2D eigenvalue weighted by atomic mass is 32.2. The molecular weight excluding hydrogens is 342 g/mol. The zero-order valence-corrected chi connectivity index (χ0v) is 16.6. The molecule has 0 fully saturated rings. The number of nitrogens with two attached hydrogens (primary N) is 1. The number of aromatic nitrogens is 2. The lowest BCUT2D eigenvalue weighted by Crippen LogP contribution is -2.15. The number of hydrogen-bond donors (Lipinski definition) is 1. The highest BCUT2D eigenvalue weighted by molar-refractivity contribution is 7.99. The summed E-state index contributed by atoms with van der Waals surface area (Å²) in [5.74, 6) is 0.890. The SMILES string of the molecule is CCCCCCCCCc1cc(S(N)(=O)=O)nc(SCCCC)n1. The summed E-state index contributed by atoms with van der Waals surface area (Å²) in [6.45, 7) is 4.34. The molecule has 138 valence electrons. The summed E-state index contributed by atoms with van der Waals surface area (Å²) in [5, 5.41) is 5.71. The van der Waals surface area contributed by atoms with Gasteiger partial charge in [-0.3, -0.25) is 0 Å². The van der Waals surface area contributed by atoms with Crippen LogP contribution in [0.2, 0.25) is 0 Å². The quantitative estimate of drug-likeness (QED) is 0.241. The molecule has 0 aromatic carbocycles. The molecular formula is C17H31N3O2S2. The molecule has 1 aromatic heterocycles. The van der Waals surface area contributed by atoms with E-state index in [0.717, 1.165) is 43.6 Å². The second-order valence-corrected chi connectivity index (χ2v) is 8.67. The number of hydrogen-bond acceptors (Lipinski definition) is 5. The molecule has 1 aromatic rings. The summed E-state index contributed by atoms with van der Waals surface area (Å²) in [4.78, 5) is 8.59. The normalized spacial score (nSPS) is 11.8. The highest BCUT2D eigenvalue weighted by Crippen LogP contribution is 2.19. The van der Waals surface area contributed by atoms with Crippen LogP contribution in [0, 0.1) is 0 Å². The first kappa shape index (κ1) is 21.4. The number of nitrogens with zero attached hydrogens (tertiary/aromatic N) is 2. The van der Waals surface area contributed by atoms with Gasteiger partial charge in [0.25, 0.3) is 10.0 Å². The van der Waals surface area contributed by atoms with Gasteiger partial charge in [-0.25, -0.2) is 23.5 Å². The Balaban J connectivity index is 2.59. The standard InChI is InChI=1S/C17H31N3O2S2/c1-3-5-7-8-9-10-11-12-15-14-16(24(18,21)22)20-17(19-15)23-13-6-4-2/h14H,3-13H2,1-2H3,(H2,18,21,22). The maximum absolute atomic E-state index is 11.6. The Morgan fingerprint density at radius 2 is 1.58 bits per heavy atom. The lowest BCUT2D eigenvalue weighted by molar-refractivity contribution is 0.581. The molecule has 0 unspecified atom stereocenters. The van der Waals surface area contributed by atoms with Gasteiger partial charge < -0.3 is 0 Å². The molecule has 0 radical (unpaired) electrons. The van der Waals surface area contributed by atoms with Gasteiger partial charge in [-0.15, -0.1) is 0 Å². The van der Waals surface area contributed by atoms with E-state index < -0.39 is 10.0 Å². The van der Waals surface area contributed by atoms with Gasteiger partial charge >= 0.3 is 0 Å². The zero-order chi connectivity index (χ0) is 17.8. The minimum absolute atomic E-state index is 0.0607. The molecule has 0 saturated heterocycles. The van der Waals surface area contributed by atoms with Crippen LogP contribution >= 0.6 is 11.8 Å². The van der Waals surface area contributed by atoms with Crippen molar-refractivity contribution in [2.75, 3.05) is 5.75 Å². The molecule has 1 rings (SSSR count). The molecule has 0 aliphatic rings. The Bertz CT molecular complexity index is 577. The van der Waals surface area contributed by atoms with E-state index in [1.807, 2.05) is 0 Å². The summed E-state index contributed by atoms with van der Waals surface area (Å²) in [7, 11) is -3.79. The molecule has 0 bridgehead atoms. The van der Waals surface area contributed by atoms with E-state index in [0.29, 0.717) is 5.16 Å². The van der Waals surface area contributed by atoms with Crippen molar-refractivity contribution in [2.24, 2.45) is 5.14 Å². The zero-order valence-electron chi connectivity index (χ0n) is 15.0. The number of unbranched alkanes of at least 4 members (excludes halogenated alkanes) is 7. The van der Waals surface area contributed by atoms with Gasteiger partial charge in [0.1, 0.15) is 0 Å². The number of primary sulfonamides is 1. The van der Waals surface area contributed by atoms with Crippen molar-refractivity contribution in [3.05, 3.63) is 11.8 Å². The van der Waals surface area contributed by atoms with Crippen LogP contribution in [-0.2, 0) is 16.4 Å². The predicted octanol–water partition coefficient (Wildman–Crippen LogP) is 4.31. The molecule has 0 saturated carbocycles. The molecule has 2 N–H and O–H groups in total. The van der Waals surface area contributed by atoms with Crippen molar-refractivity contribution in [2.45, 2.75) is 88.2 Å². The molecule has 0 amide bonds. The minimum atomic E-state index is -3.79. The smallest absolute Gasteiger partial charge is 0.228 e. The van der Waals surface area contributed by atoms with Gasteiger partial charge in [0, 0.05) is 11.4 Å². The van der Waals surface area contributed by atoms with Gasteiger partial charge in [-0.1, -0.05) is 70.6 Å². The van der Waals surface area contributed by atoms with Crippen molar-refractivity contribution in [3.8, 4) is 0 Å². The van der Waals surface area contributed by atoms with Crippen LogP contribution in [0.5, 0.6) is 0 Å². The summed E-state index contributed by atoms with van der Waals surface area (Å²) < 4.78 is 23.2. The lowest BCUT2D eigenvalue weighted by Gasteiger charge is -2.07. The third kappa shape index (κ3) is 8.99. The van der Waals surface area contributed by atoms with Gasteiger partial charge in [-0.05, 0) is 25.3 Å². The van der Waals surface area contributed by atoms with E-state index >= 15 is 0 Å². The van der Waals surface area contributed by atoms with Gasteiger partial charge in [-0.2, -0.15) is 0 Å². The monoisotopic (exact) mass is 373 g/mol. The van der Waals surface area contributed by atoms with Crippen LogP contribution in [0.25, 0.3) is 0 Å². The number of rotatable bonds is 13. The van der Waals surface area contributed by atoms with Gasteiger partial charge in [0.15, 0.2) is 10.2 Å². The fourth-order valence-electron chi connectivity index (χ4n) is 2.36. The molecule has 5 nitrogen and oxygen atoms in total. The van der Waals surface area contributed by atoms with E-state index in [4.69, 9.17) is 5.14 Å². The Labute approximate surface area is 151 Å². The summed E-state index contributed by atoms with van der Waals surface area (Å²) >= 11 is 1.50. The molecule has 0 atom stereocenters.